The smallest absolute Gasteiger partial charge is 0.372 e. The van der Waals surface area contributed by atoms with Gasteiger partial charge in [-0.1, -0.05) is 6.08 Å². The number of halogens is 3. The van der Waals surface area contributed by atoms with Crippen LogP contribution in [-0.4, -0.2) is 26.8 Å². The van der Waals surface area contributed by atoms with Crippen LogP contribution in [0.15, 0.2) is 25.0 Å². The van der Waals surface area contributed by atoms with Crippen molar-refractivity contribution in [2.45, 2.75) is 38.4 Å². The molecule has 3 rings (SSSR count). The predicted octanol–water partition coefficient (Wildman–Crippen LogP) is 4.31. The molecule has 2 N–H and O–H groups in total. The van der Waals surface area contributed by atoms with E-state index in [1.807, 2.05) is 23.9 Å². The normalized spacial score (nSPS) is 20.2. The number of hydrogen-bond acceptors (Lipinski definition) is 5. The van der Waals surface area contributed by atoms with E-state index in [2.05, 4.69) is 32.3 Å². The average Bonchev–Trinajstić information content (AvgIpc) is 3.21. The van der Waals surface area contributed by atoms with Gasteiger partial charge in [-0.2, -0.15) is 23.3 Å². The Kier molecular flexibility index (Phi) is 4.88. The highest BCUT2D eigenvalue weighted by molar-refractivity contribution is 5.57. The van der Waals surface area contributed by atoms with Crippen molar-refractivity contribution in [1.29, 1.82) is 0 Å². The summed E-state index contributed by atoms with van der Waals surface area (Å²) in [5, 5.41) is 9.95. The van der Waals surface area contributed by atoms with Crippen LogP contribution in [0, 0.1) is 12.8 Å². The van der Waals surface area contributed by atoms with Gasteiger partial charge < -0.3 is 10.6 Å². The van der Waals surface area contributed by atoms with E-state index in [4.69, 9.17) is 0 Å². The highest BCUT2D eigenvalue weighted by atomic mass is 19.4. The topological polar surface area (TPSA) is 67.7 Å². The number of alkyl halides is 3. The van der Waals surface area contributed by atoms with Crippen LogP contribution in [0.5, 0.6) is 0 Å². The molecule has 0 saturated heterocycles. The molecule has 0 aliphatic heterocycles. The van der Waals surface area contributed by atoms with Crippen molar-refractivity contribution in [3.8, 4) is 0 Å². The largest absolute Gasteiger partial charge is 0.421 e. The Labute approximate surface area is 149 Å². The van der Waals surface area contributed by atoms with Gasteiger partial charge >= 0.3 is 6.18 Å². The van der Waals surface area contributed by atoms with E-state index < -0.39 is 11.7 Å². The molecule has 1 fully saturated rings. The summed E-state index contributed by atoms with van der Waals surface area (Å²) in [6.07, 6.45) is 3.19. The first kappa shape index (κ1) is 18.2. The summed E-state index contributed by atoms with van der Waals surface area (Å²) in [6.45, 7) is 5.68. The monoisotopic (exact) mass is 366 g/mol. The first-order chi connectivity index (χ1) is 12.3. The minimum atomic E-state index is -4.51. The molecular weight excluding hydrogens is 345 g/mol. The Bertz CT molecular complexity index is 798. The summed E-state index contributed by atoms with van der Waals surface area (Å²) in [6, 6.07) is 0.300. The lowest BCUT2D eigenvalue weighted by atomic mass is 10.1. The summed E-state index contributed by atoms with van der Waals surface area (Å²) in [7, 11) is 1.39. The number of hydrogen-bond donors (Lipinski definition) is 2. The molecule has 0 unspecified atom stereocenters. The third kappa shape index (κ3) is 3.66. The van der Waals surface area contributed by atoms with Gasteiger partial charge in [-0.25, -0.2) is 4.98 Å². The Hall–Kier alpha value is -2.58. The summed E-state index contributed by atoms with van der Waals surface area (Å²) in [5.41, 5.74) is 0.509. The van der Waals surface area contributed by atoms with Crippen molar-refractivity contribution in [3.05, 3.63) is 36.3 Å². The van der Waals surface area contributed by atoms with Gasteiger partial charge in [0.15, 0.2) is 0 Å². The molecule has 0 amide bonds. The zero-order chi connectivity index (χ0) is 18.9. The van der Waals surface area contributed by atoms with Crippen molar-refractivity contribution in [2.24, 2.45) is 5.92 Å². The second kappa shape index (κ2) is 6.97. The summed E-state index contributed by atoms with van der Waals surface area (Å²) >= 11 is 0. The van der Waals surface area contributed by atoms with E-state index in [1.54, 1.807) is 0 Å². The standard InChI is InChI=1S/C17H21F3N6/c1-4-11-5-6-12(7-11)26-9-14(10(2)25-26)23-16-22-8-13(17(18,19)20)15(21-3)24-16/h4,8-9,11-12H,1,5-7H2,2-3H3,(H2,21,22,23,24)/t11-,12-/m0/s1. The molecule has 0 aromatic carbocycles. The van der Waals surface area contributed by atoms with Crippen LogP contribution in [-0.2, 0) is 6.18 Å². The van der Waals surface area contributed by atoms with Gasteiger partial charge in [0.2, 0.25) is 5.95 Å². The molecule has 2 heterocycles. The number of nitrogens with one attached hydrogen (secondary N) is 2. The molecule has 0 spiro atoms. The van der Waals surface area contributed by atoms with Crippen molar-refractivity contribution in [3.63, 3.8) is 0 Å². The zero-order valence-electron chi connectivity index (χ0n) is 14.6. The van der Waals surface area contributed by atoms with E-state index >= 15 is 0 Å². The number of allylic oxidation sites excluding steroid dienone is 1. The third-order valence-electron chi connectivity index (χ3n) is 4.65. The third-order valence-corrected chi connectivity index (χ3v) is 4.65. The molecule has 0 bridgehead atoms. The second-order valence-corrected chi connectivity index (χ2v) is 6.40. The van der Waals surface area contributed by atoms with Crippen LogP contribution < -0.4 is 10.6 Å². The second-order valence-electron chi connectivity index (χ2n) is 6.40. The Balaban J connectivity index is 1.80. The molecule has 140 valence electrons. The van der Waals surface area contributed by atoms with Crippen LogP contribution in [0.2, 0.25) is 0 Å². The van der Waals surface area contributed by atoms with E-state index in [0.717, 1.165) is 31.2 Å². The summed E-state index contributed by atoms with van der Waals surface area (Å²) < 4.78 is 40.7. The van der Waals surface area contributed by atoms with Gasteiger partial charge in [-0.05, 0) is 32.1 Å². The van der Waals surface area contributed by atoms with Gasteiger partial charge in [-0.3, -0.25) is 4.68 Å². The molecular formula is C17H21F3N6. The van der Waals surface area contributed by atoms with Gasteiger partial charge in [-0.15, -0.1) is 6.58 Å². The maximum Gasteiger partial charge on any atom is 0.421 e. The van der Waals surface area contributed by atoms with Crippen LogP contribution in [0.3, 0.4) is 0 Å². The van der Waals surface area contributed by atoms with E-state index in [-0.39, 0.29) is 11.8 Å². The van der Waals surface area contributed by atoms with Crippen LogP contribution in [0.25, 0.3) is 0 Å². The first-order valence-corrected chi connectivity index (χ1v) is 8.39. The molecule has 0 radical (unpaired) electrons. The van der Waals surface area contributed by atoms with E-state index in [0.29, 0.717) is 17.6 Å². The molecule has 2 atom stereocenters. The Morgan fingerprint density at radius 3 is 2.73 bits per heavy atom. The average molecular weight is 366 g/mol. The first-order valence-electron chi connectivity index (χ1n) is 8.39. The number of anilines is 3. The lowest BCUT2D eigenvalue weighted by Gasteiger charge is -2.12. The Morgan fingerprint density at radius 1 is 1.35 bits per heavy atom. The number of aryl methyl sites for hydroxylation is 1. The molecule has 1 aliphatic rings. The van der Waals surface area contributed by atoms with E-state index in [9.17, 15) is 13.2 Å². The van der Waals surface area contributed by atoms with Crippen molar-refractivity contribution in [1.82, 2.24) is 19.7 Å². The van der Waals surface area contributed by atoms with Crippen LogP contribution >= 0.6 is 0 Å². The van der Waals surface area contributed by atoms with Gasteiger partial charge in [0.25, 0.3) is 0 Å². The molecule has 26 heavy (non-hydrogen) atoms. The molecule has 2 aromatic rings. The summed E-state index contributed by atoms with van der Waals surface area (Å²) in [5.74, 6) is 0.308. The van der Waals surface area contributed by atoms with Gasteiger partial charge in [0.1, 0.15) is 11.4 Å². The SMILES string of the molecule is C=C[C@H]1CC[C@H](n2cc(Nc3ncc(C(F)(F)F)c(NC)n3)c(C)n2)C1. The number of rotatable bonds is 5. The fraction of sp³-hybridized carbons (Fsp3) is 0.471. The quantitative estimate of drug-likeness (QED) is 0.772. The van der Waals surface area contributed by atoms with Crippen LogP contribution in [0.1, 0.15) is 36.6 Å². The van der Waals surface area contributed by atoms with Gasteiger partial charge in [0.05, 0.1) is 17.4 Å². The van der Waals surface area contributed by atoms with E-state index in [1.165, 1.54) is 7.05 Å². The highest BCUT2D eigenvalue weighted by Gasteiger charge is 2.35. The minimum Gasteiger partial charge on any atom is -0.372 e. The number of aromatic nitrogens is 4. The molecule has 1 aliphatic carbocycles. The van der Waals surface area contributed by atoms with Crippen molar-refractivity contribution >= 4 is 17.5 Å². The summed E-state index contributed by atoms with van der Waals surface area (Å²) in [4.78, 5) is 7.71. The molecule has 6 nitrogen and oxygen atoms in total. The maximum absolute atomic E-state index is 12.9. The Morgan fingerprint density at radius 2 is 2.12 bits per heavy atom. The lowest BCUT2D eigenvalue weighted by molar-refractivity contribution is -0.137. The lowest BCUT2D eigenvalue weighted by Crippen LogP contribution is -2.12. The molecule has 9 heteroatoms. The van der Waals surface area contributed by atoms with Crippen molar-refractivity contribution in [2.75, 3.05) is 17.7 Å². The molecule has 2 aromatic heterocycles. The molecule has 1 saturated carbocycles. The van der Waals surface area contributed by atoms with Crippen molar-refractivity contribution < 1.29 is 13.2 Å². The maximum atomic E-state index is 12.9. The number of nitrogens with zero attached hydrogens (tertiary/aromatic N) is 4. The minimum absolute atomic E-state index is 0.0837. The fourth-order valence-electron chi connectivity index (χ4n) is 3.20. The highest BCUT2D eigenvalue weighted by Crippen LogP contribution is 2.36. The zero-order valence-corrected chi connectivity index (χ0v) is 14.6. The predicted molar refractivity (Wildman–Crippen MR) is 93.4 cm³/mol. The van der Waals surface area contributed by atoms with Gasteiger partial charge in [0, 0.05) is 19.4 Å². The van der Waals surface area contributed by atoms with Crippen LogP contribution in [0.4, 0.5) is 30.6 Å². The fourth-order valence-corrected chi connectivity index (χ4v) is 3.20.